The maximum absolute atomic E-state index is 11.9. The Labute approximate surface area is 147 Å². The van der Waals surface area contributed by atoms with Gasteiger partial charge in [-0.3, -0.25) is 9.78 Å². The van der Waals surface area contributed by atoms with E-state index < -0.39 is 0 Å². The third-order valence-corrected chi connectivity index (χ3v) is 3.84. The van der Waals surface area contributed by atoms with Crippen LogP contribution >= 0.6 is 15.9 Å². The summed E-state index contributed by atoms with van der Waals surface area (Å²) in [6.07, 6.45) is 4.95. The molecule has 2 heterocycles. The molecule has 0 saturated heterocycles. The number of hydrogen-bond donors (Lipinski definition) is 1. The van der Waals surface area contributed by atoms with Crippen LogP contribution in [0, 0.1) is 0 Å². The van der Waals surface area contributed by atoms with Crippen LogP contribution in [0.5, 0.6) is 0 Å². The Kier molecular flexibility index (Phi) is 5.32. The topological polar surface area (TPSA) is 80.9 Å². The van der Waals surface area contributed by atoms with Crippen LogP contribution in [0.4, 0.5) is 5.69 Å². The van der Waals surface area contributed by atoms with Crippen molar-refractivity contribution in [1.29, 1.82) is 0 Å². The highest BCUT2D eigenvalue weighted by molar-refractivity contribution is 9.10. The fourth-order valence-electron chi connectivity index (χ4n) is 2.13. The van der Waals surface area contributed by atoms with Crippen LogP contribution in [0.2, 0.25) is 0 Å². The summed E-state index contributed by atoms with van der Waals surface area (Å²) in [6, 6.07) is 11.1. The minimum Gasteiger partial charge on any atom is -0.339 e. The van der Waals surface area contributed by atoms with Gasteiger partial charge in [-0.25, -0.2) is 0 Å². The minimum absolute atomic E-state index is 0.0377. The number of halogens is 1. The maximum atomic E-state index is 11.9. The van der Waals surface area contributed by atoms with Crippen molar-refractivity contribution < 1.29 is 9.32 Å². The van der Waals surface area contributed by atoms with Gasteiger partial charge in [-0.1, -0.05) is 21.1 Å². The number of aryl methyl sites for hydroxylation is 1. The number of carbonyl (C=O) groups excluding carboxylic acids is 1. The largest absolute Gasteiger partial charge is 0.339 e. The SMILES string of the molecule is O=C(CCCc1nc(-c2cccnc2)no1)Nc1ccc(Br)cc1. The molecule has 122 valence electrons. The molecular weight excluding hydrogens is 372 g/mol. The lowest BCUT2D eigenvalue weighted by Crippen LogP contribution is -2.11. The Hall–Kier alpha value is -2.54. The van der Waals surface area contributed by atoms with E-state index in [9.17, 15) is 4.79 Å². The van der Waals surface area contributed by atoms with Crippen LogP contribution in [0.3, 0.4) is 0 Å². The number of carbonyl (C=O) groups is 1. The predicted molar refractivity (Wildman–Crippen MR) is 93.2 cm³/mol. The fraction of sp³-hybridized carbons (Fsp3) is 0.176. The van der Waals surface area contributed by atoms with Gasteiger partial charge in [0.15, 0.2) is 0 Å². The van der Waals surface area contributed by atoms with Crippen LogP contribution in [-0.2, 0) is 11.2 Å². The first-order chi connectivity index (χ1) is 11.7. The molecule has 0 aliphatic rings. The van der Waals surface area contributed by atoms with E-state index >= 15 is 0 Å². The lowest BCUT2D eigenvalue weighted by atomic mass is 10.2. The van der Waals surface area contributed by atoms with E-state index in [2.05, 4.69) is 36.4 Å². The molecule has 0 fully saturated rings. The van der Waals surface area contributed by atoms with Crippen LogP contribution in [-0.4, -0.2) is 21.0 Å². The van der Waals surface area contributed by atoms with Gasteiger partial charge < -0.3 is 9.84 Å². The summed E-state index contributed by atoms with van der Waals surface area (Å²) in [5.41, 5.74) is 1.58. The molecule has 0 spiro atoms. The van der Waals surface area contributed by atoms with Gasteiger partial charge in [0.2, 0.25) is 17.6 Å². The van der Waals surface area contributed by atoms with E-state index in [1.54, 1.807) is 12.4 Å². The normalized spacial score (nSPS) is 10.5. The van der Waals surface area contributed by atoms with E-state index in [1.807, 2.05) is 36.4 Å². The second-order valence-corrected chi connectivity index (χ2v) is 6.08. The average molecular weight is 387 g/mol. The number of benzene rings is 1. The Morgan fingerprint density at radius 2 is 2.04 bits per heavy atom. The number of amides is 1. The number of rotatable bonds is 6. The minimum atomic E-state index is -0.0377. The van der Waals surface area contributed by atoms with Crippen molar-refractivity contribution >= 4 is 27.5 Å². The van der Waals surface area contributed by atoms with Crippen LogP contribution in [0.15, 0.2) is 57.8 Å². The predicted octanol–water partition coefficient (Wildman–Crippen LogP) is 3.86. The van der Waals surface area contributed by atoms with Crippen LogP contribution in [0.1, 0.15) is 18.7 Å². The molecule has 3 aromatic rings. The van der Waals surface area contributed by atoms with Gasteiger partial charge in [0, 0.05) is 41.0 Å². The van der Waals surface area contributed by atoms with Crippen molar-refractivity contribution in [3.05, 3.63) is 59.2 Å². The summed E-state index contributed by atoms with van der Waals surface area (Å²) in [4.78, 5) is 20.3. The molecular formula is C17H15BrN4O2. The molecule has 6 nitrogen and oxygen atoms in total. The van der Waals surface area contributed by atoms with E-state index in [-0.39, 0.29) is 5.91 Å². The summed E-state index contributed by atoms with van der Waals surface area (Å²) >= 11 is 3.36. The summed E-state index contributed by atoms with van der Waals surface area (Å²) in [5.74, 6) is 0.993. The van der Waals surface area contributed by atoms with Crippen molar-refractivity contribution in [3.63, 3.8) is 0 Å². The van der Waals surface area contributed by atoms with Gasteiger partial charge in [0.25, 0.3) is 0 Å². The molecule has 7 heteroatoms. The molecule has 0 bridgehead atoms. The Morgan fingerprint density at radius 1 is 1.21 bits per heavy atom. The average Bonchev–Trinajstić information content (AvgIpc) is 3.07. The van der Waals surface area contributed by atoms with Crippen molar-refractivity contribution in [2.45, 2.75) is 19.3 Å². The molecule has 1 amide bonds. The monoisotopic (exact) mass is 386 g/mol. The number of nitrogens with one attached hydrogen (secondary N) is 1. The van der Waals surface area contributed by atoms with Crippen molar-refractivity contribution in [2.75, 3.05) is 5.32 Å². The fourth-order valence-corrected chi connectivity index (χ4v) is 2.39. The molecule has 0 aliphatic carbocycles. The summed E-state index contributed by atoms with van der Waals surface area (Å²) in [5, 5.41) is 6.78. The molecule has 0 radical (unpaired) electrons. The van der Waals surface area contributed by atoms with Gasteiger partial charge in [-0.05, 0) is 42.8 Å². The van der Waals surface area contributed by atoms with Gasteiger partial charge in [-0.15, -0.1) is 0 Å². The van der Waals surface area contributed by atoms with E-state index in [0.717, 1.165) is 15.7 Å². The first kappa shape index (κ1) is 16.3. The molecule has 0 aliphatic heterocycles. The molecule has 3 rings (SSSR count). The molecule has 2 aromatic heterocycles. The number of pyridine rings is 1. The number of anilines is 1. The zero-order valence-corrected chi connectivity index (χ0v) is 14.4. The van der Waals surface area contributed by atoms with Gasteiger partial charge in [-0.2, -0.15) is 4.98 Å². The summed E-state index contributed by atoms with van der Waals surface area (Å²) in [6.45, 7) is 0. The Morgan fingerprint density at radius 3 is 2.79 bits per heavy atom. The van der Waals surface area contributed by atoms with E-state index in [4.69, 9.17) is 4.52 Å². The second-order valence-electron chi connectivity index (χ2n) is 5.16. The van der Waals surface area contributed by atoms with Crippen LogP contribution < -0.4 is 5.32 Å². The Balaban J connectivity index is 1.47. The summed E-state index contributed by atoms with van der Waals surface area (Å²) in [7, 11) is 0. The van der Waals surface area contributed by atoms with Crippen molar-refractivity contribution in [1.82, 2.24) is 15.1 Å². The zero-order valence-electron chi connectivity index (χ0n) is 12.8. The lowest BCUT2D eigenvalue weighted by molar-refractivity contribution is -0.116. The maximum Gasteiger partial charge on any atom is 0.226 e. The number of aromatic nitrogens is 3. The zero-order chi connectivity index (χ0) is 16.8. The van der Waals surface area contributed by atoms with Crippen molar-refractivity contribution in [2.24, 2.45) is 0 Å². The third-order valence-electron chi connectivity index (χ3n) is 3.31. The first-order valence-electron chi connectivity index (χ1n) is 7.49. The molecule has 0 saturated carbocycles. The van der Waals surface area contributed by atoms with E-state index in [0.29, 0.717) is 31.0 Å². The molecule has 24 heavy (non-hydrogen) atoms. The number of hydrogen-bond acceptors (Lipinski definition) is 5. The highest BCUT2D eigenvalue weighted by atomic mass is 79.9. The third kappa shape index (κ3) is 4.48. The number of nitrogens with zero attached hydrogens (tertiary/aromatic N) is 3. The highest BCUT2D eigenvalue weighted by Crippen LogP contribution is 2.16. The van der Waals surface area contributed by atoms with Crippen molar-refractivity contribution in [3.8, 4) is 11.4 Å². The summed E-state index contributed by atoms with van der Waals surface area (Å²) < 4.78 is 6.18. The Bertz CT molecular complexity index is 803. The quantitative estimate of drug-likeness (QED) is 0.695. The van der Waals surface area contributed by atoms with Gasteiger partial charge in [0.1, 0.15) is 0 Å². The smallest absolute Gasteiger partial charge is 0.226 e. The highest BCUT2D eigenvalue weighted by Gasteiger charge is 2.09. The molecule has 1 N–H and O–H groups in total. The molecule has 0 unspecified atom stereocenters. The standard InChI is InChI=1S/C17H15BrN4O2/c18-13-6-8-14(9-7-13)20-15(23)4-1-5-16-21-17(22-24-16)12-3-2-10-19-11-12/h2-3,6-11H,1,4-5H2,(H,20,23). The molecule has 0 atom stereocenters. The molecule has 1 aromatic carbocycles. The van der Waals surface area contributed by atoms with Crippen LogP contribution in [0.25, 0.3) is 11.4 Å². The van der Waals surface area contributed by atoms with Gasteiger partial charge in [0.05, 0.1) is 0 Å². The first-order valence-corrected chi connectivity index (χ1v) is 8.28. The van der Waals surface area contributed by atoms with Gasteiger partial charge >= 0.3 is 0 Å². The van der Waals surface area contributed by atoms with E-state index in [1.165, 1.54) is 0 Å². The second kappa shape index (κ2) is 7.83. The lowest BCUT2D eigenvalue weighted by Gasteiger charge is -2.04.